The quantitative estimate of drug-likeness (QED) is 0.754. The smallest absolute Gasteiger partial charge is 0.345 e. The van der Waals surface area contributed by atoms with Crippen molar-refractivity contribution in [3.8, 4) is 0 Å². The number of carboxylic acid groups (broad SMARTS) is 1. The first-order valence-corrected chi connectivity index (χ1v) is 5.49. The Morgan fingerprint density at radius 2 is 2.12 bits per heavy atom. The van der Waals surface area contributed by atoms with E-state index in [-0.39, 0.29) is 0 Å². The summed E-state index contributed by atoms with van der Waals surface area (Å²) in [5, 5.41) is 9.23. The first-order chi connectivity index (χ1) is 7.63. The maximum absolute atomic E-state index is 11.4. The minimum atomic E-state index is -0.858. The molecule has 2 aliphatic carbocycles. The number of hydrogen-bond donors (Lipinski definition) is 2. The molecule has 2 aliphatic rings. The highest BCUT2D eigenvalue weighted by atomic mass is 16.4. The topological polar surface area (TPSA) is 83.0 Å². The van der Waals surface area contributed by atoms with Crippen LogP contribution in [0, 0.1) is 0 Å². The van der Waals surface area contributed by atoms with Gasteiger partial charge in [-0.25, -0.2) is 4.79 Å². The Bertz CT molecular complexity index is 529. The van der Waals surface area contributed by atoms with Crippen LogP contribution in [0.1, 0.15) is 36.2 Å². The molecule has 1 aromatic rings. The third-order valence-electron chi connectivity index (χ3n) is 3.59. The number of fused-ring (bicyclic) bond motifs is 1. The van der Waals surface area contributed by atoms with Crippen molar-refractivity contribution in [1.82, 2.24) is 9.97 Å². The molecule has 1 aromatic heterocycles. The van der Waals surface area contributed by atoms with E-state index in [1.54, 1.807) is 0 Å². The minimum absolute atomic E-state index is 0.414. The van der Waals surface area contributed by atoms with Crippen molar-refractivity contribution < 1.29 is 9.90 Å². The van der Waals surface area contributed by atoms with Crippen LogP contribution in [0.4, 0.5) is 0 Å². The zero-order valence-electron chi connectivity index (χ0n) is 8.75. The molecule has 1 fully saturated rings. The van der Waals surface area contributed by atoms with Crippen LogP contribution in [0.15, 0.2) is 4.79 Å². The zero-order valence-corrected chi connectivity index (χ0v) is 8.75. The van der Waals surface area contributed by atoms with Crippen molar-refractivity contribution in [3.05, 3.63) is 27.4 Å². The molecule has 5 heteroatoms. The third kappa shape index (κ3) is 1.14. The van der Waals surface area contributed by atoms with E-state index >= 15 is 0 Å². The molecule has 0 unspecified atom stereocenters. The lowest BCUT2D eigenvalue weighted by molar-refractivity contribution is -0.140. The number of nitrogens with zero attached hydrogens (tertiary/aromatic N) is 1. The number of H-pyrrole nitrogens is 1. The lowest BCUT2D eigenvalue weighted by Crippen LogP contribution is -2.27. The van der Waals surface area contributed by atoms with Crippen LogP contribution >= 0.6 is 0 Å². The van der Waals surface area contributed by atoms with Crippen molar-refractivity contribution in [2.45, 2.75) is 37.5 Å². The third-order valence-corrected chi connectivity index (χ3v) is 3.59. The predicted octanol–water partition coefficient (Wildman–Crippen LogP) is 0.375. The largest absolute Gasteiger partial charge is 0.481 e. The van der Waals surface area contributed by atoms with Gasteiger partial charge in [0.05, 0.1) is 5.69 Å². The summed E-state index contributed by atoms with van der Waals surface area (Å²) in [6, 6.07) is 0. The van der Waals surface area contributed by atoms with Crippen molar-refractivity contribution in [3.63, 3.8) is 0 Å². The lowest BCUT2D eigenvalue weighted by Gasteiger charge is -2.12. The summed E-state index contributed by atoms with van der Waals surface area (Å²) in [4.78, 5) is 29.2. The number of rotatable bonds is 2. The summed E-state index contributed by atoms with van der Waals surface area (Å²) in [7, 11) is 0. The lowest BCUT2D eigenvalue weighted by atomic mass is 9.97. The molecule has 5 nitrogen and oxygen atoms in total. The van der Waals surface area contributed by atoms with Gasteiger partial charge in [0, 0.05) is 5.69 Å². The van der Waals surface area contributed by atoms with Gasteiger partial charge in [-0.2, -0.15) is 4.98 Å². The normalized spacial score (nSPS) is 20.5. The Kier molecular flexibility index (Phi) is 1.75. The van der Waals surface area contributed by atoms with Gasteiger partial charge < -0.3 is 10.1 Å². The number of aromatic nitrogens is 2. The molecular weight excluding hydrogens is 208 g/mol. The van der Waals surface area contributed by atoms with Crippen LogP contribution in [0.5, 0.6) is 0 Å². The first kappa shape index (κ1) is 9.57. The van der Waals surface area contributed by atoms with Gasteiger partial charge in [-0.15, -0.1) is 0 Å². The van der Waals surface area contributed by atoms with E-state index in [1.807, 2.05) is 0 Å². The monoisotopic (exact) mass is 220 g/mol. The molecule has 0 amide bonds. The molecule has 0 aromatic carbocycles. The number of aliphatic carboxylic acids is 1. The van der Waals surface area contributed by atoms with E-state index in [9.17, 15) is 14.7 Å². The van der Waals surface area contributed by atoms with Crippen LogP contribution in [0.2, 0.25) is 0 Å². The van der Waals surface area contributed by atoms with Crippen molar-refractivity contribution in [2.75, 3.05) is 0 Å². The number of nitrogens with one attached hydrogen (secondary N) is 1. The molecule has 3 rings (SSSR count). The first-order valence-electron chi connectivity index (χ1n) is 5.49. The number of aryl methyl sites for hydroxylation is 1. The number of aromatic amines is 1. The number of carboxylic acids is 1. The van der Waals surface area contributed by atoms with Crippen molar-refractivity contribution in [2.24, 2.45) is 0 Å². The molecule has 0 aliphatic heterocycles. The Morgan fingerprint density at radius 3 is 2.75 bits per heavy atom. The fourth-order valence-electron chi connectivity index (χ4n) is 2.54. The van der Waals surface area contributed by atoms with Crippen LogP contribution in [0.3, 0.4) is 0 Å². The zero-order chi connectivity index (χ0) is 11.3. The van der Waals surface area contributed by atoms with Gasteiger partial charge in [0.25, 0.3) is 0 Å². The highest BCUT2D eigenvalue weighted by Crippen LogP contribution is 2.49. The van der Waals surface area contributed by atoms with Gasteiger partial charge in [-0.1, -0.05) is 0 Å². The molecule has 1 saturated carbocycles. The Hall–Kier alpha value is -1.65. The highest BCUT2D eigenvalue weighted by Gasteiger charge is 2.54. The molecule has 16 heavy (non-hydrogen) atoms. The average Bonchev–Trinajstić information content (AvgIpc) is 2.91. The van der Waals surface area contributed by atoms with Crippen LogP contribution < -0.4 is 5.69 Å². The summed E-state index contributed by atoms with van der Waals surface area (Å²) in [6.45, 7) is 0. The van der Waals surface area contributed by atoms with E-state index < -0.39 is 17.1 Å². The molecule has 0 saturated heterocycles. The van der Waals surface area contributed by atoms with E-state index in [1.165, 1.54) is 0 Å². The van der Waals surface area contributed by atoms with E-state index in [4.69, 9.17) is 0 Å². The summed E-state index contributed by atoms with van der Waals surface area (Å²) < 4.78 is 0. The van der Waals surface area contributed by atoms with Crippen LogP contribution in [0.25, 0.3) is 0 Å². The van der Waals surface area contributed by atoms with Gasteiger partial charge >= 0.3 is 11.7 Å². The van der Waals surface area contributed by atoms with Crippen molar-refractivity contribution in [1.29, 1.82) is 0 Å². The molecule has 0 radical (unpaired) electrons. The van der Waals surface area contributed by atoms with E-state index in [0.29, 0.717) is 18.5 Å². The second kappa shape index (κ2) is 2.93. The highest BCUT2D eigenvalue weighted by molar-refractivity contribution is 5.84. The van der Waals surface area contributed by atoms with Crippen LogP contribution in [-0.4, -0.2) is 21.0 Å². The van der Waals surface area contributed by atoms with Gasteiger partial charge in [0.2, 0.25) is 0 Å². The van der Waals surface area contributed by atoms with E-state index in [2.05, 4.69) is 9.97 Å². The van der Waals surface area contributed by atoms with Gasteiger partial charge in [-0.05, 0) is 37.7 Å². The second-order valence-electron chi connectivity index (χ2n) is 4.59. The Morgan fingerprint density at radius 1 is 1.38 bits per heavy atom. The molecular formula is C11H12N2O3. The minimum Gasteiger partial charge on any atom is -0.481 e. The summed E-state index contributed by atoms with van der Waals surface area (Å²) in [5.41, 5.74) is 1.12. The molecule has 84 valence electrons. The van der Waals surface area contributed by atoms with Gasteiger partial charge in [0.15, 0.2) is 0 Å². The molecule has 2 N–H and O–H groups in total. The fourth-order valence-corrected chi connectivity index (χ4v) is 2.54. The molecule has 0 atom stereocenters. The molecule has 0 bridgehead atoms. The van der Waals surface area contributed by atoms with Crippen molar-refractivity contribution >= 4 is 5.97 Å². The molecule has 1 heterocycles. The average molecular weight is 220 g/mol. The summed E-state index contributed by atoms with van der Waals surface area (Å²) >= 11 is 0. The number of hydrogen-bond acceptors (Lipinski definition) is 3. The van der Waals surface area contributed by atoms with Gasteiger partial charge in [0.1, 0.15) is 5.41 Å². The molecule has 0 spiro atoms. The fraction of sp³-hybridized carbons (Fsp3) is 0.545. The second-order valence-corrected chi connectivity index (χ2v) is 4.59. The predicted molar refractivity (Wildman–Crippen MR) is 55.4 cm³/mol. The Balaban J connectivity index is 2.22. The van der Waals surface area contributed by atoms with Gasteiger partial charge in [-0.3, -0.25) is 4.79 Å². The van der Waals surface area contributed by atoms with E-state index in [0.717, 1.165) is 30.5 Å². The number of carbonyl (C=O) groups is 1. The maximum atomic E-state index is 11.4. The summed E-state index contributed by atoms with van der Waals surface area (Å²) in [6.07, 6.45) is 3.84. The SMILES string of the molecule is O=C(O)C1(c2nc(=O)[nH]c3c2CCC3)CC1. The standard InChI is InChI=1S/C11H12N2O3/c14-9(15)11(4-5-11)8-6-2-1-3-7(6)12-10(16)13-8/h1-5H2,(H,14,15)(H,12,13,16). The Labute approximate surface area is 91.5 Å². The maximum Gasteiger partial charge on any atom is 0.345 e. The van der Waals surface area contributed by atoms with Crippen LogP contribution in [-0.2, 0) is 23.1 Å². The summed E-state index contributed by atoms with van der Waals surface area (Å²) in [5.74, 6) is -0.847.